The summed E-state index contributed by atoms with van der Waals surface area (Å²) < 4.78 is 95.6. The van der Waals surface area contributed by atoms with Gasteiger partial charge in [0.25, 0.3) is 10.0 Å². The van der Waals surface area contributed by atoms with Crippen LogP contribution < -0.4 is 4.72 Å². The number of nitrogens with one attached hydrogen (secondary N) is 1. The normalized spacial score (nSPS) is 12.3. The molecule has 11 heteroatoms. The molecule has 1 heterocycles. The zero-order valence-corrected chi connectivity index (χ0v) is 17.5. The molecule has 31 heavy (non-hydrogen) atoms. The average molecular weight is 459 g/mol. The van der Waals surface area contributed by atoms with Gasteiger partial charge in [0.1, 0.15) is 0 Å². The number of hydrogen-bond donors (Lipinski definition) is 1. The molecule has 3 rings (SSSR count). The summed E-state index contributed by atoms with van der Waals surface area (Å²) in [5.74, 6) is -10.5. The molecular weight excluding hydrogens is 441 g/mol. The van der Waals surface area contributed by atoms with Gasteiger partial charge in [-0.25, -0.2) is 30.4 Å². The summed E-state index contributed by atoms with van der Waals surface area (Å²) in [6.07, 6.45) is 1.14. The van der Waals surface area contributed by atoms with Crippen LogP contribution in [0.3, 0.4) is 0 Å². The fraction of sp³-hybridized carbons (Fsp3) is 0.250. The van der Waals surface area contributed by atoms with Crippen molar-refractivity contribution in [2.75, 3.05) is 4.72 Å². The maximum Gasteiger partial charge on any atom is 0.263 e. The zero-order chi connectivity index (χ0) is 23.1. The largest absolute Gasteiger partial charge is 0.266 e. The quantitative estimate of drug-likeness (QED) is 0.341. The molecule has 0 bridgehead atoms. The van der Waals surface area contributed by atoms with E-state index in [0.29, 0.717) is 0 Å². The fourth-order valence-electron chi connectivity index (χ4n) is 2.79. The standard InChI is InChI=1S/C20H18F5N3O2S/c1-20(2,3)11-4-6-12(7-5-11)31(29,30)27-14-8-9-28(26-14)10-13-15(21)17(23)19(25)18(24)16(13)22/h4-9H,10H2,1-3H3,(H,26,27). The Morgan fingerprint density at radius 1 is 0.871 bits per heavy atom. The smallest absolute Gasteiger partial charge is 0.263 e. The minimum atomic E-state index is -4.01. The Morgan fingerprint density at radius 3 is 1.90 bits per heavy atom. The van der Waals surface area contributed by atoms with Gasteiger partial charge in [-0.15, -0.1) is 0 Å². The second-order valence-corrected chi connectivity index (χ2v) is 9.51. The molecule has 2 aromatic carbocycles. The van der Waals surface area contributed by atoms with Crippen LogP contribution in [0.1, 0.15) is 31.9 Å². The van der Waals surface area contributed by atoms with Crippen LogP contribution in [0.25, 0.3) is 0 Å². The first kappa shape index (κ1) is 22.7. The van der Waals surface area contributed by atoms with Gasteiger partial charge in [-0.3, -0.25) is 9.40 Å². The third-order valence-electron chi connectivity index (χ3n) is 4.53. The molecule has 0 aliphatic rings. The highest BCUT2D eigenvalue weighted by molar-refractivity contribution is 7.92. The first-order valence-corrected chi connectivity index (χ1v) is 10.5. The van der Waals surface area contributed by atoms with Crippen molar-refractivity contribution >= 4 is 15.8 Å². The van der Waals surface area contributed by atoms with Gasteiger partial charge < -0.3 is 0 Å². The number of halogens is 5. The Morgan fingerprint density at radius 2 is 1.39 bits per heavy atom. The van der Waals surface area contributed by atoms with Gasteiger partial charge in [0.15, 0.2) is 29.1 Å². The van der Waals surface area contributed by atoms with Crippen molar-refractivity contribution in [1.82, 2.24) is 9.78 Å². The van der Waals surface area contributed by atoms with E-state index in [-0.39, 0.29) is 16.1 Å². The average Bonchev–Trinajstić information content (AvgIpc) is 3.14. The van der Waals surface area contributed by atoms with Crippen molar-refractivity contribution in [3.05, 3.63) is 76.7 Å². The van der Waals surface area contributed by atoms with E-state index in [1.165, 1.54) is 18.2 Å². The van der Waals surface area contributed by atoms with Gasteiger partial charge in [0, 0.05) is 12.3 Å². The number of anilines is 1. The van der Waals surface area contributed by atoms with Gasteiger partial charge in [0.05, 0.1) is 17.0 Å². The Balaban J connectivity index is 1.82. The minimum absolute atomic E-state index is 0.0326. The summed E-state index contributed by atoms with van der Waals surface area (Å²) in [5.41, 5.74) is -0.330. The Hall–Kier alpha value is -2.95. The Bertz CT molecular complexity index is 1200. The summed E-state index contributed by atoms with van der Waals surface area (Å²) in [6.45, 7) is 5.14. The first-order valence-electron chi connectivity index (χ1n) is 8.98. The first-order chi connectivity index (χ1) is 14.3. The molecular formula is C20H18F5N3O2S. The molecule has 0 saturated heterocycles. The molecule has 0 amide bonds. The van der Waals surface area contributed by atoms with E-state index in [4.69, 9.17) is 0 Å². The molecule has 0 radical (unpaired) electrons. The molecule has 166 valence electrons. The second-order valence-electron chi connectivity index (χ2n) is 7.83. The lowest BCUT2D eigenvalue weighted by Crippen LogP contribution is -2.16. The summed E-state index contributed by atoms with van der Waals surface area (Å²) >= 11 is 0. The number of hydrogen-bond acceptors (Lipinski definition) is 3. The van der Waals surface area contributed by atoms with Crippen molar-refractivity contribution in [1.29, 1.82) is 0 Å². The summed E-state index contributed by atoms with van der Waals surface area (Å²) in [4.78, 5) is -0.0326. The van der Waals surface area contributed by atoms with E-state index in [9.17, 15) is 30.4 Å². The fourth-order valence-corrected chi connectivity index (χ4v) is 3.78. The van der Waals surface area contributed by atoms with Gasteiger partial charge >= 0.3 is 0 Å². The van der Waals surface area contributed by atoms with Crippen LogP contribution in [-0.4, -0.2) is 18.2 Å². The van der Waals surface area contributed by atoms with Crippen LogP contribution in [0.4, 0.5) is 27.8 Å². The maximum atomic E-state index is 13.8. The third-order valence-corrected chi connectivity index (χ3v) is 5.90. The van der Waals surface area contributed by atoms with Crippen LogP contribution in [0, 0.1) is 29.1 Å². The van der Waals surface area contributed by atoms with Crippen molar-refractivity contribution in [3.8, 4) is 0 Å². The second kappa shape index (κ2) is 7.95. The molecule has 0 aliphatic carbocycles. The van der Waals surface area contributed by atoms with Crippen molar-refractivity contribution in [3.63, 3.8) is 0 Å². The number of benzene rings is 2. The van der Waals surface area contributed by atoms with Gasteiger partial charge in [-0.1, -0.05) is 32.9 Å². The minimum Gasteiger partial charge on any atom is -0.266 e. The van der Waals surface area contributed by atoms with Crippen LogP contribution in [0.15, 0.2) is 41.4 Å². The lowest BCUT2D eigenvalue weighted by molar-refractivity contribution is 0.367. The molecule has 0 fully saturated rings. The number of nitrogens with zero attached hydrogens (tertiary/aromatic N) is 2. The van der Waals surface area contributed by atoms with Crippen molar-refractivity contribution in [2.45, 2.75) is 37.6 Å². The summed E-state index contributed by atoms with van der Waals surface area (Å²) in [5, 5.41) is 3.79. The number of sulfonamides is 1. The van der Waals surface area contributed by atoms with E-state index in [1.807, 2.05) is 20.8 Å². The zero-order valence-electron chi connectivity index (χ0n) is 16.7. The summed E-state index contributed by atoms with van der Waals surface area (Å²) in [7, 11) is -4.01. The highest BCUT2D eigenvalue weighted by Crippen LogP contribution is 2.25. The molecule has 1 aromatic heterocycles. The van der Waals surface area contributed by atoms with E-state index < -0.39 is 51.2 Å². The lowest BCUT2D eigenvalue weighted by atomic mass is 9.87. The monoisotopic (exact) mass is 459 g/mol. The molecule has 5 nitrogen and oxygen atoms in total. The van der Waals surface area contributed by atoms with Crippen molar-refractivity contribution < 1.29 is 30.4 Å². The number of rotatable bonds is 5. The predicted molar refractivity (Wildman–Crippen MR) is 104 cm³/mol. The predicted octanol–water partition coefficient (Wildman–Crippen LogP) is 4.73. The van der Waals surface area contributed by atoms with Gasteiger partial charge in [-0.05, 0) is 23.1 Å². The lowest BCUT2D eigenvalue weighted by Gasteiger charge is -2.19. The van der Waals surface area contributed by atoms with Crippen LogP contribution in [0.2, 0.25) is 0 Å². The molecule has 0 spiro atoms. The number of aromatic nitrogens is 2. The van der Waals surface area contributed by atoms with E-state index in [0.717, 1.165) is 16.4 Å². The summed E-state index contributed by atoms with van der Waals surface area (Å²) in [6, 6.07) is 7.39. The maximum absolute atomic E-state index is 13.8. The Labute approximate surface area is 175 Å². The van der Waals surface area contributed by atoms with E-state index >= 15 is 0 Å². The molecule has 1 N–H and O–H groups in total. The molecule has 0 unspecified atom stereocenters. The topological polar surface area (TPSA) is 64.0 Å². The SMILES string of the molecule is CC(C)(C)c1ccc(S(=O)(=O)Nc2ccn(Cc3c(F)c(F)c(F)c(F)c3F)n2)cc1. The van der Waals surface area contributed by atoms with E-state index in [2.05, 4.69) is 9.82 Å². The van der Waals surface area contributed by atoms with Crippen LogP contribution in [-0.2, 0) is 22.0 Å². The van der Waals surface area contributed by atoms with Crippen molar-refractivity contribution in [2.24, 2.45) is 0 Å². The highest BCUT2D eigenvalue weighted by atomic mass is 32.2. The highest BCUT2D eigenvalue weighted by Gasteiger charge is 2.26. The van der Waals surface area contributed by atoms with Crippen LogP contribution >= 0.6 is 0 Å². The van der Waals surface area contributed by atoms with Gasteiger partial charge in [0.2, 0.25) is 5.82 Å². The third kappa shape index (κ3) is 4.55. The van der Waals surface area contributed by atoms with Crippen LogP contribution in [0.5, 0.6) is 0 Å². The molecule has 0 saturated carbocycles. The molecule has 0 aliphatic heterocycles. The Kier molecular flexibility index (Phi) is 5.83. The molecule has 3 aromatic rings. The van der Waals surface area contributed by atoms with Gasteiger partial charge in [-0.2, -0.15) is 5.10 Å². The molecule has 0 atom stereocenters. The van der Waals surface area contributed by atoms with E-state index in [1.54, 1.807) is 12.1 Å².